The maximum atomic E-state index is 13.2. The number of hydrogen-bond acceptors (Lipinski definition) is 7. The summed E-state index contributed by atoms with van der Waals surface area (Å²) in [7, 11) is -5.85. The van der Waals surface area contributed by atoms with Crippen LogP contribution in [0.5, 0.6) is 5.75 Å². The van der Waals surface area contributed by atoms with Gasteiger partial charge in [0.05, 0.1) is 36.8 Å². The lowest BCUT2D eigenvalue weighted by molar-refractivity contribution is -0.134. The standard InChI is InChI=1S/C24H33N3O7S2/c1-17-14-27(18(2)16-28)24(29)13-19-12-20(25-35(4,30)31)10-11-22(19)34-23(17)15-26(3)36(32,33)21-8-6-5-7-9-21/h5-12,17-18,23,25,28H,13-16H2,1-4H3/t17-,18+,23-/m1/s1. The first-order chi connectivity index (χ1) is 16.8. The molecule has 3 atom stereocenters. The second-order valence-corrected chi connectivity index (χ2v) is 13.0. The van der Waals surface area contributed by atoms with Crippen LogP contribution in [0.15, 0.2) is 53.4 Å². The third kappa shape index (κ3) is 6.75. The Morgan fingerprint density at radius 3 is 2.44 bits per heavy atom. The Hall–Kier alpha value is -2.67. The molecule has 0 bridgehead atoms. The van der Waals surface area contributed by atoms with Crippen molar-refractivity contribution in [3.63, 3.8) is 0 Å². The number of benzene rings is 2. The van der Waals surface area contributed by atoms with E-state index in [9.17, 15) is 26.7 Å². The first kappa shape index (κ1) is 27.9. The second-order valence-electron chi connectivity index (χ2n) is 9.18. The Kier molecular flexibility index (Phi) is 8.65. The molecule has 0 saturated carbocycles. The molecule has 1 heterocycles. The van der Waals surface area contributed by atoms with Gasteiger partial charge in [-0.1, -0.05) is 25.1 Å². The zero-order chi connectivity index (χ0) is 26.7. The van der Waals surface area contributed by atoms with Crippen molar-refractivity contribution < 1.29 is 31.5 Å². The number of aliphatic hydroxyl groups is 1. The lowest BCUT2D eigenvalue weighted by atomic mass is 10.0. The van der Waals surface area contributed by atoms with Crippen LogP contribution in [0.1, 0.15) is 19.4 Å². The van der Waals surface area contributed by atoms with Crippen molar-refractivity contribution in [2.24, 2.45) is 5.92 Å². The summed E-state index contributed by atoms with van der Waals surface area (Å²) in [4.78, 5) is 14.9. The fourth-order valence-corrected chi connectivity index (χ4v) is 5.81. The van der Waals surface area contributed by atoms with Crippen molar-refractivity contribution in [2.75, 3.05) is 37.7 Å². The summed E-state index contributed by atoms with van der Waals surface area (Å²) in [6.07, 6.45) is 0.318. The van der Waals surface area contributed by atoms with Crippen molar-refractivity contribution in [1.82, 2.24) is 9.21 Å². The zero-order valence-corrected chi connectivity index (χ0v) is 22.4. The molecule has 0 aliphatic carbocycles. The van der Waals surface area contributed by atoms with Gasteiger partial charge in [-0.3, -0.25) is 9.52 Å². The first-order valence-electron chi connectivity index (χ1n) is 11.5. The number of nitrogens with zero attached hydrogens (tertiary/aromatic N) is 2. The van der Waals surface area contributed by atoms with Gasteiger partial charge in [0.1, 0.15) is 11.9 Å². The minimum absolute atomic E-state index is 0.0106. The van der Waals surface area contributed by atoms with Gasteiger partial charge >= 0.3 is 0 Å². The average molecular weight is 540 g/mol. The van der Waals surface area contributed by atoms with Crippen molar-refractivity contribution in [1.29, 1.82) is 0 Å². The molecular formula is C24H33N3O7S2. The number of carbonyl (C=O) groups excluding carboxylic acids is 1. The fourth-order valence-electron chi connectivity index (χ4n) is 4.05. The summed E-state index contributed by atoms with van der Waals surface area (Å²) in [6.45, 7) is 3.61. The monoisotopic (exact) mass is 539 g/mol. The van der Waals surface area contributed by atoms with Crippen molar-refractivity contribution in [2.45, 2.75) is 37.3 Å². The van der Waals surface area contributed by atoms with E-state index in [-0.39, 0.29) is 48.5 Å². The molecule has 36 heavy (non-hydrogen) atoms. The van der Waals surface area contributed by atoms with E-state index >= 15 is 0 Å². The quantitative estimate of drug-likeness (QED) is 0.520. The molecule has 2 aromatic carbocycles. The highest BCUT2D eigenvalue weighted by molar-refractivity contribution is 7.92. The van der Waals surface area contributed by atoms with Gasteiger partial charge in [-0.05, 0) is 37.3 Å². The molecule has 1 aliphatic heterocycles. The van der Waals surface area contributed by atoms with Gasteiger partial charge in [0.2, 0.25) is 26.0 Å². The summed E-state index contributed by atoms with van der Waals surface area (Å²) in [5, 5.41) is 9.75. The number of anilines is 1. The van der Waals surface area contributed by atoms with Crippen molar-refractivity contribution in [3.8, 4) is 5.75 Å². The van der Waals surface area contributed by atoms with Gasteiger partial charge in [0.25, 0.3) is 0 Å². The Morgan fingerprint density at radius 1 is 1.17 bits per heavy atom. The van der Waals surface area contributed by atoms with Crippen LogP contribution in [0.2, 0.25) is 0 Å². The second kappa shape index (κ2) is 11.2. The van der Waals surface area contributed by atoms with Crippen LogP contribution in [0.25, 0.3) is 0 Å². The highest BCUT2D eigenvalue weighted by Crippen LogP contribution is 2.30. The maximum Gasteiger partial charge on any atom is 0.242 e. The van der Waals surface area contributed by atoms with E-state index in [1.165, 1.54) is 35.6 Å². The molecule has 10 nitrogen and oxygen atoms in total. The van der Waals surface area contributed by atoms with Crippen LogP contribution in [0, 0.1) is 5.92 Å². The molecule has 0 unspecified atom stereocenters. The van der Waals surface area contributed by atoms with E-state index in [2.05, 4.69) is 4.72 Å². The Labute approximate surface area is 213 Å². The maximum absolute atomic E-state index is 13.2. The van der Waals surface area contributed by atoms with Crippen LogP contribution in [-0.2, 0) is 31.3 Å². The molecule has 1 aliphatic rings. The molecule has 0 saturated heterocycles. The molecule has 0 aromatic heterocycles. The largest absolute Gasteiger partial charge is 0.488 e. The molecule has 2 N–H and O–H groups in total. The minimum Gasteiger partial charge on any atom is -0.488 e. The van der Waals surface area contributed by atoms with Crippen LogP contribution in [0.4, 0.5) is 5.69 Å². The Morgan fingerprint density at radius 2 is 1.83 bits per heavy atom. The van der Waals surface area contributed by atoms with Crippen molar-refractivity contribution >= 4 is 31.6 Å². The van der Waals surface area contributed by atoms with E-state index in [4.69, 9.17) is 4.74 Å². The van der Waals surface area contributed by atoms with Crippen molar-refractivity contribution in [3.05, 3.63) is 54.1 Å². The normalized spacial score (nSPS) is 20.1. The van der Waals surface area contributed by atoms with Gasteiger partial charge in [0.15, 0.2) is 0 Å². The SMILES string of the molecule is C[C@@H]1CN([C@@H](C)CO)C(=O)Cc2cc(NS(C)(=O)=O)ccc2O[C@@H]1CN(C)S(=O)(=O)c1ccccc1. The van der Waals surface area contributed by atoms with Crippen LogP contribution in [-0.4, -0.2) is 82.2 Å². The number of aliphatic hydroxyl groups excluding tert-OH is 1. The van der Waals surface area contributed by atoms with Gasteiger partial charge in [-0.15, -0.1) is 0 Å². The smallest absolute Gasteiger partial charge is 0.242 e. The lowest BCUT2D eigenvalue weighted by Crippen LogP contribution is -2.48. The van der Waals surface area contributed by atoms with Gasteiger partial charge < -0.3 is 14.7 Å². The molecule has 2 aromatic rings. The molecule has 0 spiro atoms. The number of nitrogens with one attached hydrogen (secondary N) is 1. The van der Waals surface area contributed by atoms with E-state index in [1.54, 1.807) is 36.1 Å². The molecular weight excluding hydrogens is 506 g/mol. The Balaban J connectivity index is 1.99. The fraction of sp³-hybridized carbons (Fsp3) is 0.458. The summed E-state index contributed by atoms with van der Waals surface area (Å²) >= 11 is 0. The van der Waals surface area contributed by atoms with Crippen LogP contribution in [0.3, 0.4) is 0 Å². The molecule has 198 valence electrons. The summed E-state index contributed by atoms with van der Waals surface area (Å²) in [5.74, 6) is -0.185. The van der Waals surface area contributed by atoms with Crippen LogP contribution >= 0.6 is 0 Å². The predicted octanol–water partition coefficient (Wildman–Crippen LogP) is 1.53. The van der Waals surface area contributed by atoms with E-state index in [0.29, 0.717) is 11.3 Å². The summed E-state index contributed by atoms with van der Waals surface area (Å²) in [5.41, 5.74) is 0.735. The molecule has 12 heteroatoms. The number of ether oxygens (including phenoxy) is 1. The molecule has 0 fully saturated rings. The number of carbonyl (C=O) groups is 1. The summed E-state index contributed by atoms with van der Waals surface area (Å²) in [6, 6.07) is 12.3. The molecule has 1 amide bonds. The predicted molar refractivity (Wildman–Crippen MR) is 137 cm³/mol. The number of amides is 1. The third-order valence-corrected chi connectivity index (χ3v) is 8.55. The van der Waals surface area contributed by atoms with E-state index < -0.39 is 32.2 Å². The van der Waals surface area contributed by atoms with Gasteiger partial charge in [0, 0.05) is 30.8 Å². The summed E-state index contributed by atoms with van der Waals surface area (Å²) < 4.78 is 59.6. The number of hydrogen-bond donors (Lipinski definition) is 2. The number of fused-ring (bicyclic) bond motifs is 1. The van der Waals surface area contributed by atoms with Gasteiger partial charge in [-0.25, -0.2) is 16.8 Å². The lowest BCUT2D eigenvalue weighted by Gasteiger charge is -2.33. The zero-order valence-electron chi connectivity index (χ0n) is 20.8. The highest BCUT2D eigenvalue weighted by Gasteiger charge is 2.33. The molecule has 0 radical (unpaired) electrons. The van der Waals surface area contributed by atoms with Gasteiger partial charge in [-0.2, -0.15) is 4.31 Å². The number of rotatable bonds is 8. The van der Waals surface area contributed by atoms with E-state index in [1.807, 2.05) is 6.92 Å². The van der Waals surface area contributed by atoms with Crippen LogP contribution < -0.4 is 9.46 Å². The Bertz CT molecular complexity index is 1280. The minimum atomic E-state index is -3.79. The third-order valence-electron chi connectivity index (χ3n) is 6.11. The average Bonchev–Trinajstić information content (AvgIpc) is 2.86. The number of likely N-dealkylation sites (N-methyl/N-ethyl adjacent to an activating group) is 1. The highest BCUT2D eigenvalue weighted by atomic mass is 32.2. The van der Waals surface area contributed by atoms with E-state index in [0.717, 1.165) is 6.26 Å². The topological polar surface area (TPSA) is 133 Å². The number of sulfonamides is 2. The first-order valence-corrected chi connectivity index (χ1v) is 14.8. The molecule has 3 rings (SSSR count).